The summed E-state index contributed by atoms with van der Waals surface area (Å²) in [5, 5.41) is 0.959. The van der Waals surface area contributed by atoms with Gasteiger partial charge < -0.3 is 14.2 Å². The zero-order valence-corrected chi connectivity index (χ0v) is 32.9. The second kappa shape index (κ2) is 12.9. The lowest BCUT2D eigenvalue weighted by molar-refractivity contribution is 0.595. The number of sulfone groups is 1. The van der Waals surface area contributed by atoms with E-state index in [1.54, 1.807) is 24.3 Å². The van der Waals surface area contributed by atoms with Gasteiger partial charge in [0.05, 0.1) is 53.1 Å². The van der Waals surface area contributed by atoms with Crippen LogP contribution in [0.5, 0.6) is 0 Å². The van der Waals surface area contributed by atoms with Crippen LogP contribution in [0.3, 0.4) is 0 Å². The van der Waals surface area contributed by atoms with Gasteiger partial charge in [-0.1, -0.05) is 91.0 Å². The number of hydrogen-bond donors (Lipinski definition) is 0. The van der Waals surface area contributed by atoms with Gasteiger partial charge in [0.15, 0.2) is 0 Å². The third-order valence-corrected chi connectivity index (χ3v) is 15.3. The predicted octanol–water partition coefficient (Wildman–Crippen LogP) is 11.8. The minimum Gasteiger partial charge on any atom is -0.456 e. The van der Waals surface area contributed by atoms with Gasteiger partial charge in [-0.3, -0.25) is 9.00 Å². The summed E-state index contributed by atoms with van der Waals surface area (Å²) in [5.74, 6) is 4.15. The normalized spacial score (nSPS) is 14.6. The molecule has 284 valence electrons. The number of hydrogen-bond acceptors (Lipinski definition) is 7. The molecule has 0 radical (unpaired) electrons. The smallest absolute Gasteiger partial charge is 0.210 e. The SMILES string of the molecule is C=S1(=O)c2ccccc2N(c2ccc(-c3ccc4c(=O)c5c(-c6ccc(N7c8ccccc8S(=O)(=O)c8ccccc87)cc6)cccc5oc4c3)cc2)c2ccccc21. The number of para-hydroxylation sites is 4. The summed E-state index contributed by atoms with van der Waals surface area (Å²) in [6.07, 6.45) is 0. The number of anilines is 6. The van der Waals surface area contributed by atoms with Crippen molar-refractivity contribution in [3.8, 4) is 22.3 Å². The first-order chi connectivity index (χ1) is 28.7. The van der Waals surface area contributed by atoms with E-state index in [1.807, 2.05) is 163 Å². The lowest BCUT2D eigenvalue weighted by Gasteiger charge is -2.35. The molecule has 0 spiro atoms. The van der Waals surface area contributed by atoms with Gasteiger partial charge in [0.1, 0.15) is 11.2 Å². The Morgan fingerprint density at radius 1 is 0.441 bits per heavy atom. The van der Waals surface area contributed by atoms with Crippen molar-refractivity contribution in [2.24, 2.45) is 0 Å². The average molecular weight is 805 g/mol. The molecule has 0 amide bonds. The van der Waals surface area contributed by atoms with E-state index < -0.39 is 19.4 Å². The molecular weight excluding hydrogens is 773 g/mol. The fraction of sp³-hybridized carbons (Fsp3) is 0. The topological polar surface area (TPSA) is 87.9 Å². The number of fused-ring (bicyclic) bond motifs is 6. The molecule has 0 atom stereocenters. The van der Waals surface area contributed by atoms with Crippen LogP contribution in [0.25, 0.3) is 44.2 Å². The summed E-state index contributed by atoms with van der Waals surface area (Å²) < 4.78 is 47.5. The van der Waals surface area contributed by atoms with E-state index in [-0.39, 0.29) is 15.2 Å². The van der Waals surface area contributed by atoms with E-state index in [2.05, 4.69) is 10.8 Å². The van der Waals surface area contributed by atoms with Crippen LogP contribution in [0.15, 0.2) is 211 Å². The first kappa shape index (κ1) is 35.0. The summed E-state index contributed by atoms with van der Waals surface area (Å²) in [5.41, 5.74) is 8.78. The standard InChI is InChI=1S/C50H32N2O5S2/c1-58(54)45-17-6-2-12-39(45)51(40-13-3-7-18-46(40)58)35-26-21-32(22-27-35)34-25-30-38-44(31-34)57-43-16-10-11-37(49(43)50(38)53)33-23-28-36(29-24-33)52-41-14-4-8-19-47(41)59(55,56)48-20-9-5-15-42(48)52/h2-31H,1H2. The maximum atomic E-state index is 14.3. The molecule has 0 N–H and O–H groups in total. The Morgan fingerprint density at radius 2 is 0.898 bits per heavy atom. The van der Waals surface area contributed by atoms with Gasteiger partial charge in [-0.25, -0.2) is 8.42 Å². The van der Waals surface area contributed by atoms with E-state index >= 15 is 0 Å². The molecule has 0 aliphatic carbocycles. The Balaban J connectivity index is 0.943. The average Bonchev–Trinajstić information content (AvgIpc) is 3.27. The first-order valence-electron chi connectivity index (χ1n) is 19.0. The third kappa shape index (κ3) is 5.25. The molecule has 0 bridgehead atoms. The number of nitrogens with zero attached hydrogens (tertiary/aromatic N) is 2. The highest BCUT2D eigenvalue weighted by atomic mass is 32.2. The van der Waals surface area contributed by atoms with E-state index in [4.69, 9.17) is 4.42 Å². The van der Waals surface area contributed by atoms with Crippen LogP contribution in [0.2, 0.25) is 0 Å². The van der Waals surface area contributed by atoms with E-state index in [0.717, 1.165) is 45.0 Å². The molecule has 0 unspecified atom stereocenters. The van der Waals surface area contributed by atoms with Gasteiger partial charge >= 0.3 is 0 Å². The van der Waals surface area contributed by atoms with Crippen LogP contribution in [-0.2, 0) is 19.4 Å². The Hall–Kier alpha value is -7.20. The summed E-state index contributed by atoms with van der Waals surface area (Å²) >= 11 is 0. The minimum absolute atomic E-state index is 0.128. The predicted molar refractivity (Wildman–Crippen MR) is 237 cm³/mol. The van der Waals surface area contributed by atoms with E-state index in [1.165, 1.54) is 0 Å². The Labute approximate surface area is 340 Å². The molecule has 3 heterocycles. The molecule has 2 aliphatic heterocycles. The van der Waals surface area contributed by atoms with Crippen molar-refractivity contribution >= 4 is 81.3 Å². The van der Waals surface area contributed by atoms with Crippen LogP contribution in [0.1, 0.15) is 0 Å². The van der Waals surface area contributed by atoms with Crippen molar-refractivity contribution < 1.29 is 17.0 Å². The Morgan fingerprint density at radius 3 is 1.44 bits per heavy atom. The quantitative estimate of drug-likeness (QED) is 0.129. The fourth-order valence-electron chi connectivity index (χ4n) is 8.54. The summed E-state index contributed by atoms with van der Waals surface area (Å²) in [6, 6.07) is 56.7. The van der Waals surface area contributed by atoms with Crippen molar-refractivity contribution in [3.63, 3.8) is 0 Å². The first-order valence-corrected chi connectivity index (χ1v) is 22.2. The van der Waals surface area contributed by atoms with Gasteiger partial charge in [0.25, 0.3) is 0 Å². The van der Waals surface area contributed by atoms with Crippen molar-refractivity contribution in [2.45, 2.75) is 19.6 Å². The maximum Gasteiger partial charge on any atom is 0.210 e. The third-order valence-electron chi connectivity index (χ3n) is 11.3. The number of rotatable bonds is 4. The van der Waals surface area contributed by atoms with Crippen LogP contribution in [0, 0.1) is 0 Å². The summed E-state index contributed by atoms with van der Waals surface area (Å²) in [7, 11) is -6.36. The lowest BCUT2D eigenvalue weighted by Crippen LogP contribution is -2.21. The summed E-state index contributed by atoms with van der Waals surface area (Å²) in [6.45, 7) is 0. The highest BCUT2D eigenvalue weighted by Crippen LogP contribution is 2.49. The van der Waals surface area contributed by atoms with Gasteiger partial charge in [-0.05, 0) is 119 Å². The fourth-order valence-corrected chi connectivity index (χ4v) is 12.0. The van der Waals surface area contributed by atoms with Crippen molar-refractivity contribution in [2.75, 3.05) is 9.80 Å². The van der Waals surface area contributed by atoms with Crippen LogP contribution >= 0.6 is 0 Å². The van der Waals surface area contributed by atoms with E-state index in [9.17, 15) is 17.4 Å². The van der Waals surface area contributed by atoms with Gasteiger partial charge in [-0.2, -0.15) is 0 Å². The molecule has 0 saturated carbocycles. The van der Waals surface area contributed by atoms with Crippen LogP contribution in [0.4, 0.5) is 34.1 Å². The zero-order valence-electron chi connectivity index (χ0n) is 31.3. The Bertz CT molecular complexity index is 3400. The molecule has 9 heteroatoms. The minimum atomic E-state index is -3.68. The molecule has 9 aromatic rings. The van der Waals surface area contributed by atoms with Gasteiger partial charge in [0.2, 0.25) is 15.3 Å². The largest absolute Gasteiger partial charge is 0.456 e. The molecule has 0 saturated heterocycles. The van der Waals surface area contributed by atoms with Crippen molar-refractivity contribution in [1.29, 1.82) is 0 Å². The second-order valence-electron chi connectivity index (χ2n) is 14.6. The molecule has 8 aromatic carbocycles. The molecule has 2 aliphatic rings. The van der Waals surface area contributed by atoms with E-state index in [0.29, 0.717) is 43.1 Å². The van der Waals surface area contributed by atoms with Crippen LogP contribution < -0.4 is 15.2 Å². The zero-order chi connectivity index (χ0) is 40.0. The molecular formula is C50H32N2O5S2. The van der Waals surface area contributed by atoms with Crippen molar-refractivity contribution in [1.82, 2.24) is 0 Å². The number of benzene rings is 8. The molecule has 1 aromatic heterocycles. The monoisotopic (exact) mass is 804 g/mol. The molecule has 7 nitrogen and oxygen atoms in total. The summed E-state index contributed by atoms with van der Waals surface area (Å²) in [4.78, 5) is 20.3. The Kier molecular flexibility index (Phi) is 7.66. The second-order valence-corrected chi connectivity index (χ2v) is 18.8. The van der Waals surface area contributed by atoms with Gasteiger partial charge in [-0.15, -0.1) is 0 Å². The highest BCUT2D eigenvalue weighted by molar-refractivity contribution is 8.00. The lowest BCUT2D eigenvalue weighted by atomic mass is 9.98. The molecule has 59 heavy (non-hydrogen) atoms. The van der Waals surface area contributed by atoms with Gasteiger partial charge in [0, 0.05) is 20.9 Å². The molecule has 0 fully saturated rings. The van der Waals surface area contributed by atoms with Crippen molar-refractivity contribution in [3.05, 3.63) is 192 Å². The maximum absolute atomic E-state index is 14.3. The molecule has 11 rings (SSSR count). The highest BCUT2D eigenvalue weighted by Gasteiger charge is 2.35. The van der Waals surface area contributed by atoms with Crippen LogP contribution in [-0.4, -0.2) is 18.5 Å².